The van der Waals surface area contributed by atoms with E-state index in [9.17, 15) is 9.90 Å². The summed E-state index contributed by atoms with van der Waals surface area (Å²) in [5.41, 5.74) is 3.04. The van der Waals surface area contributed by atoms with Gasteiger partial charge in [-0.2, -0.15) is 0 Å². The fourth-order valence-corrected chi connectivity index (χ4v) is 2.70. The van der Waals surface area contributed by atoms with Gasteiger partial charge in [0, 0.05) is 18.0 Å². The van der Waals surface area contributed by atoms with Crippen molar-refractivity contribution in [1.82, 2.24) is 10.1 Å². The molecule has 0 bridgehead atoms. The van der Waals surface area contributed by atoms with Crippen LogP contribution in [0.1, 0.15) is 46.1 Å². The number of pyridine rings is 1. The van der Waals surface area contributed by atoms with Crippen LogP contribution in [0.5, 0.6) is 0 Å². The second-order valence-corrected chi connectivity index (χ2v) is 5.65. The van der Waals surface area contributed by atoms with Crippen molar-refractivity contribution in [2.75, 3.05) is 0 Å². The van der Waals surface area contributed by atoms with Crippen molar-refractivity contribution in [2.24, 2.45) is 0 Å². The molecule has 1 aromatic carbocycles. The second-order valence-electron chi connectivity index (χ2n) is 5.65. The normalized spacial score (nSPS) is 14.4. The van der Waals surface area contributed by atoms with Crippen molar-refractivity contribution in [1.29, 1.82) is 0 Å². The van der Waals surface area contributed by atoms with Gasteiger partial charge in [-0.1, -0.05) is 35.5 Å². The molecule has 1 saturated carbocycles. The molecule has 1 N–H and O–H groups in total. The number of benzene rings is 1. The number of nitrogens with zero attached hydrogens (tertiary/aromatic N) is 2. The molecule has 1 aliphatic carbocycles. The number of hydrogen-bond acceptors (Lipinski definition) is 4. The lowest BCUT2D eigenvalue weighted by molar-refractivity contribution is 0.0698. The van der Waals surface area contributed by atoms with Crippen LogP contribution in [0.3, 0.4) is 0 Å². The molecule has 0 saturated heterocycles. The summed E-state index contributed by atoms with van der Waals surface area (Å²) in [5, 5.41) is 14.1. The third-order valence-corrected chi connectivity index (χ3v) is 3.98. The lowest BCUT2D eigenvalue weighted by Crippen LogP contribution is -2.02. The average Bonchev–Trinajstić information content (AvgIpc) is 3.30. The Balaban J connectivity index is 1.84. The van der Waals surface area contributed by atoms with Crippen LogP contribution in [0.4, 0.5) is 0 Å². The van der Waals surface area contributed by atoms with Gasteiger partial charge in [-0.25, -0.2) is 9.78 Å². The Kier molecular flexibility index (Phi) is 2.92. The number of rotatable bonds is 4. The number of aromatic carboxylic acids is 1. The Morgan fingerprint density at radius 1 is 1.27 bits per heavy atom. The highest BCUT2D eigenvalue weighted by atomic mass is 16.5. The minimum atomic E-state index is -0.966. The maximum absolute atomic E-state index is 11.6. The third kappa shape index (κ3) is 2.24. The molecule has 0 aliphatic heterocycles. The van der Waals surface area contributed by atoms with Gasteiger partial charge in [0.1, 0.15) is 0 Å². The lowest BCUT2D eigenvalue weighted by atomic mass is 10.0. The van der Waals surface area contributed by atoms with Gasteiger partial charge < -0.3 is 9.63 Å². The molecule has 0 radical (unpaired) electrons. The van der Waals surface area contributed by atoms with E-state index in [1.165, 1.54) is 0 Å². The predicted molar refractivity (Wildman–Crippen MR) is 80.0 cm³/mol. The SMILES string of the molecule is O=C(O)c1cc(C2CC2)nc2onc(Cc3ccccc3)c12. The fraction of sp³-hybridized carbons (Fsp3) is 0.235. The minimum Gasteiger partial charge on any atom is -0.478 e. The first-order valence-electron chi connectivity index (χ1n) is 7.29. The van der Waals surface area contributed by atoms with E-state index >= 15 is 0 Å². The van der Waals surface area contributed by atoms with Gasteiger partial charge in [-0.3, -0.25) is 0 Å². The van der Waals surface area contributed by atoms with Crippen molar-refractivity contribution in [3.63, 3.8) is 0 Å². The number of fused-ring (bicyclic) bond motifs is 1. The van der Waals surface area contributed by atoms with Gasteiger partial charge in [0.25, 0.3) is 5.71 Å². The Morgan fingerprint density at radius 3 is 2.73 bits per heavy atom. The van der Waals surface area contributed by atoms with Crippen molar-refractivity contribution in [3.05, 3.63) is 58.9 Å². The van der Waals surface area contributed by atoms with E-state index in [4.69, 9.17) is 4.52 Å². The van der Waals surface area contributed by atoms with E-state index < -0.39 is 5.97 Å². The summed E-state index contributed by atoms with van der Waals surface area (Å²) >= 11 is 0. The maximum atomic E-state index is 11.6. The maximum Gasteiger partial charge on any atom is 0.336 e. The van der Waals surface area contributed by atoms with Gasteiger partial charge >= 0.3 is 5.97 Å². The van der Waals surface area contributed by atoms with Gasteiger partial charge in [0.2, 0.25) is 0 Å². The summed E-state index contributed by atoms with van der Waals surface area (Å²) in [7, 11) is 0. The Hall–Kier alpha value is -2.69. The monoisotopic (exact) mass is 294 g/mol. The lowest BCUT2D eigenvalue weighted by Gasteiger charge is -2.03. The van der Waals surface area contributed by atoms with Crippen LogP contribution in [0.2, 0.25) is 0 Å². The summed E-state index contributed by atoms with van der Waals surface area (Å²) in [6.07, 6.45) is 2.64. The Morgan fingerprint density at radius 2 is 2.05 bits per heavy atom. The number of carboxylic acid groups (broad SMARTS) is 1. The molecule has 110 valence electrons. The summed E-state index contributed by atoms with van der Waals surface area (Å²) in [6.45, 7) is 0. The van der Waals surface area contributed by atoms with Gasteiger partial charge in [-0.05, 0) is 24.5 Å². The molecule has 3 aromatic rings. The summed E-state index contributed by atoms with van der Waals surface area (Å²) in [5.74, 6) is -0.600. The van der Waals surface area contributed by atoms with Crippen LogP contribution in [-0.4, -0.2) is 21.2 Å². The van der Waals surface area contributed by atoms with E-state index in [-0.39, 0.29) is 5.56 Å². The van der Waals surface area contributed by atoms with E-state index in [0.29, 0.717) is 29.1 Å². The second kappa shape index (κ2) is 4.94. The number of carboxylic acids is 1. The molecule has 0 amide bonds. The number of aromatic nitrogens is 2. The van der Waals surface area contributed by atoms with Crippen molar-refractivity contribution < 1.29 is 14.4 Å². The number of carbonyl (C=O) groups is 1. The first-order valence-corrected chi connectivity index (χ1v) is 7.29. The standard InChI is InChI=1S/C17H14N2O3/c20-17(21)12-9-13(11-6-7-11)18-16-15(12)14(19-22-16)8-10-4-2-1-3-5-10/h1-5,9,11H,6-8H2,(H,20,21). The van der Waals surface area contributed by atoms with Crippen molar-refractivity contribution in [3.8, 4) is 0 Å². The highest BCUT2D eigenvalue weighted by molar-refractivity contribution is 6.02. The van der Waals surface area contributed by atoms with Crippen molar-refractivity contribution >= 4 is 17.1 Å². The Labute approximate surface area is 126 Å². The van der Waals surface area contributed by atoms with Crippen LogP contribution < -0.4 is 0 Å². The molecule has 4 rings (SSSR count). The van der Waals surface area contributed by atoms with Gasteiger partial charge in [-0.15, -0.1) is 0 Å². The topological polar surface area (TPSA) is 76.2 Å². The molecule has 2 heterocycles. The number of hydrogen-bond donors (Lipinski definition) is 1. The molecule has 5 nitrogen and oxygen atoms in total. The molecule has 2 aromatic heterocycles. The molecule has 22 heavy (non-hydrogen) atoms. The van der Waals surface area contributed by atoms with Crippen LogP contribution in [0, 0.1) is 0 Å². The minimum absolute atomic E-state index is 0.235. The zero-order valence-corrected chi connectivity index (χ0v) is 11.8. The molecule has 1 fully saturated rings. The first kappa shape index (κ1) is 13.0. The zero-order chi connectivity index (χ0) is 15.1. The fourth-order valence-electron chi connectivity index (χ4n) is 2.70. The zero-order valence-electron chi connectivity index (χ0n) is 11.8. The molecule has 0 spiro atoms. The quantitative estimate of drug-likeness (QED) is 0.798. The largest absolute Gasteiger partial charge is 0.478 e. The molecule has 1 aliphatic rings. The summed E-state index contributed by atoms with van der Waals surface area (Å²) < 4.78 is 5.31. The van der Waals surface area contributed by atoms with Crippen molar-refractivity contribution in [2.45, 2.75) is 25.2 Å². The van der Waals surface area contributed by atoms with E-state index in [1.54, 1.807) is 6.07 Å². The highest BCUT2D eigenvalue weighted by Gasteiger charge is 2.29. The molecule has 5 heteroatoms. The smallest absolute Gasteiger partial charge is 0.336 e. The van der Waals surface area contributed by atoms with Gasteiger partial charge in [0.15, 0.2) is 0 Å². The molecule has 0 unspecified atom stereocenters. The first-order chi connectivity index (χ1) is 10.7. The Bertz CT molecular complexity index is 851. The molecule has 0 atom stereocenters. The van der Waals surface area contributed by atoms with Crippen LogP contribution in [0.15, 0.2) is 40.9 Å². The van der Waals surface area contributed by atoms with Crippen LogP contribution in [-0.2, 0) is 6.42 Å². The highest BCUT2D eigenvalue weighted by Crippen LogP contribution is 2.40. The summed E-state index contributed by atoms with van der Waals surface area (Å²) in [4.78, 5) is 16.1. The van der Waals surface area contributed by atoms with Crippen LogP contribution >= 0.6 is 0 Å². The molecular formula is C17H14N2O3. The molecular weight excluding hydrogens is 280 g/mol. The summed E-state index contributed by atoms with van der Waals surface area (Å²) in [6, 6.07) is 11.5. The third-order valence-electron chi connectivity index (χ3n) is 3.98. The van der Waals surface area contributed by atoms with Crippen LogP contribution in [0.25, 0.3) is 11.1 Å². The average molecular weight is 294 g/mol. The predicted octanol–water partition coefficient (Wildman–Crippen LogP) is 3.39. The van der Waals surface area contributed by atoms with E-state index in [2.05, 4.69) is 10.1 Å². The van der Waals surface area contributed by atoms with E-state index in [0.717, 1.165) is 24.1 Å². The van der Waals surface area contributed by atoms with E-state index in [1.807, 2.05) is 30.3 Å². The van der Waals surface area contributed by atoms with Gasteiger partial charge in [0.05, 0.1) is 16.6 Å².